The highest BCUT2D eigenvalue weighted by Gasteiger charge is 2.37. The van der Waals surface area contributed by atoms with Crippen molar-refractivity contribution in [1.82, 2.24) is 15.2 Å². The Balaban J connectivity index is 1.73. The van der Waals surface area contributed by atoms with Crippen LogP contribution in [0.5, 0.6) is 0 Å². The molecule has 4 rings (SSSR count). The zero-order chi connectivity index (χ0) is 12.7. The first-order valence-corrected chi connectivity index (χ1v) is 7.44. The molecule has 3 heteroatoms. The fourth-order valence-electron chi connectivity index (χ4n) is 3.46. The zero-order valence-electron chi connectivity index (χ0n) is 11.2. The van der Waals surface area contributed by atoms with E-state index in [2.05, 4.69) is 45.7 Å². The molecule has 2 aliphatic rings. The summed E-state index contributed by atoms with van der Waals surface area (Å²) in [5, 5.41) is 4.88. The van der Waals surface area contributed by atoms with Gasteiger partial charge in [-0.05, 0) is 30.4 Å². The van der Waals surface area contributed by atoms with Crippen molar-refractivity contribution in [1.29, 1.82) is 0 Å². The van der Waals surface area contributed by atoms with Gasteiger partial charge in [0.25, 0.3) is 0 Å². The number of piperazine rings is 1. The quantitative estimate of drug-likeness (QED) is 0.883. The predicted octanol–water partition coefficient (Wildman–Crippen LogP) is 2.52. The monoisotopic (exact) mass is 255 g/mol. The summed E-state index contributed by atoms with van der Waals surface area (Å²) in [6.45, 7) is 4.62. The number of nitrogens with zero attached hydrogens (tertiary/aromatic N) is 1. The molecule has 1 unspecified atom stereocenters. The van der Waals surface area contributed by atoms with Crippen LogP contribution >= 0.6 is 0 Å². The Kier molecular flexibility index (Phi) is 2.82. The molecule has 1 aromatic heterocycles. The molecule has 1 atom stereocenters. The summed E-state index contributed by atoms with van der Waals surface area (Å²) in [4.78, 5) is 6.13. The number of rotatable bonds is 3. The van der Waals surface area contributed by atoms with Crippen molar-refractivity contribution in [2.24, 2.45) is 5.92 Å². The molecular weight excluding hydrogens is 234 g/mol. The summed E-state index contributed by atoms with van der Waals surface area (Å²) in [6.07, 6.45) is 5.04. The van der Waals surface area contributed by atoms with Crippen LogP contribution in [0.3, 0.4) is 0 Å². The Bertz CT molecular complexity index is 564. The third-order valence-corrected chi connectivity index (χ3v) is 4.55. The second-order valence-corrected chi connectivity index (χ2v) is 5.86. The highest BCUT2D eigenvalue weighted by molar-refractivity contribution is 5.83. The Labute approximate surface area is 114 Å². The number of benzene rings is 1. The molecule has 2 fully saturated rings. The zero-order valence-corrected chi connectivity index (χ0v) is 11.2. The molecule has 1 aliphatic heterocycles. The molecule has 0 amide bonds. The summed E-state index contributed by atoms with van der Waals surface area (Å²) >= 11 is 0. The van der Waals surface area contributed by atoms with Gasteiger partial charge < -0.3 is 10.3 Å². The summed E-state index contributed by atoms with van der Waals surface area (Å²) in [7, 11) is 0. The second-order valence-electron chi connectivity index (χ2n) is 5.86. The minimum Gasteiger partial charge on any atom is -0.361 e. The maximum atomic E-state index is 3.46. The number of H-pyrrole nitrogens is 1. The lowest BCUT2D eigenvalue weighted by molar-refractivity contribution is 0.157. The Morgan fingerprint density at radius 3 is 2.68 bits per heavy atom. The van der Waals surface area contributed by atoms with E-state index >= 15 is 0 Å². The minimum atomic E-state index is 0.623. The number of aromatic amines is 1. The molecule has 2 aromatic rings. The van der Waals surface area contributed by atoms with Crippen molar-refractivity contribution in [3.05, 3.63) is 36.0 Å². The number of nitrogens with one attached hydrogen (secondary N) is 2. The summed E-state index contributed by atoms with van der Waals surface area (Å²) in [5.41, 5.74) is 2.79. The van der Waals surface area contributed by atoms with Gasteiger partial charge in [-0.1, -0.05) is 18.2 Å². The van der Waals surface area contributed by atoms with Crippen LogP contribution in [0.4, 0.5) is 0 Å². The molecule has 2 N–H and O–H groups in total. The van der Waals surface area contributed by atoms with E-state index in [-0.39, 0.29) is 0 Å². The van der Waals surface area contributed by atoms with Gasteiger partial charge in [0.2, 0.25) is 0 Å². The number of fused-ring (bicyclic) bond motifs is 1. The maximum absolute atomic E-state index is 3.46. The Hall–Kier alpha value is -1.32. The van der Waals surface area contributed by atoms with E-state index in [4.69, 9.17) is 0 Å². The average Bonchev–Trinajstić information content (AvgIpc) is 3.21. The van der Waals surface area contributed by atoms with Gasteiger partial charge in [-0.2, -0.15) is 0 Å². The first-order valence-electron chi connectivity index (χ1n) is 7.44. The lowest BCUT2D eigenvalue weighted by atomic mass is 9.99. The molecule has 3 nitrogen and oxygen atoms in total. The second kappa shape index (κ2) is 4.66. The van der Waals surface area contributed by atoms with Crippen molar-refractivity contribution in [2.75, 3.05) is 26.2 Å². The van der Waals surface area contributed by atoms with E-state index in [0.29, 0.717) is 6.04 Å². The Morgan fingerprint density at radius 2 is 1.89 bits per heavy atom. The molecule has 0 bridgehead atoms. The van der Waals surface area contributed by atoms with Crippen molar-refractivity contribution in [3.8, 4) is 0 Å². The van der Waals surface area contributed by atoms with Gasteiger partial charge in [-0.25, -0.2) is 0 Å². The number of aromatic nitrogens is 1. The number of para-hydroxylation sites is 1. The standard InChI is InChI=1S/C16H21N3/c1-2-4-15-13(3-1)14(11-18-15)16(12-5-6-12)19-9-7-17-8-10-19/h1-4,11-12,16-18H,5-10H2. The van der Waals surface area contributed by atoms with E-state index in [1.54, 1.807) is 0 Å². The lowest BCUT2D eigenvalue weighted by Crippen LogP contribution is -2.45. The smallest absolute Gasteiger partial charge is 0.0457 e. The van der Waals surface area contributed by atoms with Gasteiger partial charge in [0.05, 0.1) is 0 Å². The predicted molar refractivity (Wildman–Crippen MR) is 78.2 cm³/mol. The number of hydrogen-bond donors (Lipinski definition) is 2. The molecule has 1 aromatic carbocycles. The highest BCUT2D eigenvalue weighted by atomic mass is 15.2. The maximum Gasteiger partial charge on any atom is 0.0457 e. The van der Waals surface area contributed by atoms with Crippen molar-refractivity contribution in [3.63, 3.8) is 0 Å². The molecule has 100 valence electrons. The summed E-state index contributed by atoms with van der Waals surface area (Å²) < 4.78 is 0. The van der Waals surface area contributed by atoms with Crippen molar-refractivity contribution in [2.45, 2.75) is 18.9 Å². The molecule has 1 aliphatic carbocycles. The minimum absolute atomic E-state index is 0.623. The van der Waals surface area contributed by atoms with Gasteiger partial charge in [0, 0.05) is 49.3 Å². The SMILES string of the molecule is c1ccc2c(C(C3CC3)N3CCNCC3)c[nH]c2c1. The molecule has 2 heterocycles. The van der Waals surface area contributed by atoms with E-state index in [1.807, 2.05) is 0 Å². The third-order valence-electron chi connectivity index (χ3n) is 4.55. The first kappa shape index (κ1) is 11.5. The molecule has 1 saturated heterocycles. The van der Waals surface area contributed by atoms with Gasteiger partial charge in [0.1, 0.15) is 0 Å². The summed E-state index contributed by atoms with van der Waals surface area (Å²) in [6, 6.07) is 9.33. The average molecular weight is 255 g/mol. The third kappa shape index (κ3) is 2.07. The largest absolute Gasteiger partial charge is 0.361 e. The van der Waals surface area contributed by atoms with Gasteiger partial charge in [-0.15, -0.1) is 0 Å². The molecule has 0 radical (unpaired) electrons. The van der Waals surface area contributed by atoms with E-state index < -0.39 is 0 Å². The van der Waals surface area contributed by atoms with Crippen LogP contribution < -0.4 is 5.32 Å². The normalized spacial score (nSPS) is 22.7. The lowest BCUT2D eigenvalue weighted by Gasteiger charge is -2.35. The molecule has 19 heavy (non-hydrogen) atoms. The van der Waals surface area contributed by atoms with Crippen LogP contribution in [-0.2, 0) is 0 Å². The van der Waals surface area contributed by atoms with E-state index in [0.717, 1.165) is 19.0 Å². The van der Waals surface area contributed by atoms with Crippen LogP contribution in [0.1, 0.15) is 24.4 Å². The summed E-state index contributed by atoms with van der Waals surface area (Å²) in [5.74, 6) is 0.873. The van der Waals surface area contributed by atoms with Gasteiger partial charge in [-0.3, -0.25) is 4.90 Å². The van der Waals surface area contributed by atoms with Crippen molar-refractivity contribution >= 4 is 10.9 Å². The van der Waals surface area contributed by atoms with Gasteiger partial charge >= 0.3 is 0 Å². The van der Waals surface area contributed by atoms with E-state index in [9.17, 15) is 0 Å². The van der Waals surface area contributed by atoms with E-state index in [1.165, 1.54) is 42.4 Å². The van der Waals surface area contributed by atoms with Crippen molar-refractivity contribution < 1.29 is 0 Å². The first-order chi connectivity index (χ1) is 9.43. The molecular formula is C16H21N3. The molecule has 1 saturated carbocycles. The molecule has 0 spiro atoms. The van der Waals surface area contributed by atoms with Crippen LogP contribution in [0, 0.1) is 5.92 Å². The number of hydrogen-bond acceptors (Lipinski definition) is 2. The topological polar surface area (TPSA) is 31.1 Å². The van der Waals surface area contributed by atoms with Crippen LogP contribution in [0.2, 0.25) is 0 Å². The highest BCUT2D eigenvalue weighted by Crippen LogP contribution is 2.46. The van der Waals surface area contributed by atoms with Crippen LogP contribution in [-0.4, -0.2) is 36.1 Å². The fraction of sp³-hybridized carbons (Fsp3) is 0.500. The Morgan fingerprint density at radius 1 is 1.11 bits per heavy atom. The fourth-order valence-corrected chi connectivity index (χ4v) is 3.46. The van der Waals surface area contributed by atoms with Gasteiger partial charge in [0.15, 0.2) is 0 Å². The van der Waals surface area contributed by atoms with Crippen LogP contribution in [0.15, 0.2) is 30.5 Å². The van der Waals surface area contributed by atoms with Crippen LogP contribution in [0.25, 0.3) is 10.9 Å².